The standard InChI is InChI=1S/C19H28N4O4.HI/c1-4-20-18(23-14-19(2,24)16-6-5-9-26-16)22-13-15-7-8-17(21-12-15)27-11-10-25-3;/h5-9,12,24H,4,10-11,13-14H2,1-3H3,(H2,20,22,23);1H. The molecule has 1 atom stereocenters. The summed E-state index contributed by atoms with van der Waals surface area (Å²) in [5.41, 5.74) is -0.188. The molecule has 2 aromatic rings. The third-order valence-corrected chi connectivity index (χ3v) is 3.75. The minimum Gasteiger partial charge on any atom is -0.475 e. The van der Waals surface area contributed by atoms with Crippen LogP contribution in [0.1, 0.15) is 25.2 Å². The zero-order valence-corrected chi connectivity index (χ0v) is 18.8. The number of nitrogens with one attached hydrogen (secondary N) is 2. The molecule has 0 aliphatic rings. The van der Waals surface area contributed by atoms with Crippen LogP contribution < -0.4 is 15.4 Å². The van der Waals surface area contributed by atoms with Gasteiger partial charge in [0.25, 0.3) is 0 Å². The summed E-state index contributed by atoms with van der Waals surface area (Å²) in [4.78, 5) is 8.78. The number of aromatic nitrogens is 1. The monoisotopic (exact) mass is 504 g/mol. The van der Waals surface area contributed by atoms with E-state index in [-0.39, 0.29) is 30.5 Å². The molecule has 0 bridgehead atoms. The van der Waals surface area contributed by atoms with Crippen molar-refractivity contribution in [1.29, 1.82) is 0 Å². The van der Waals surface area contributed by atoms with Gasteiger partial charge in [0.1, 0.15) is 18.0 Å². The van der Waals surface area contributed by atoms with Crippen LogP contribution >= 0.6 is 24.0 Å². The van der Waals surface area contributed by atoms with E-state index in [9.17, 15) is 5.11 Å². The second-order valence-corrected chi connectivity index (χ2v) is 6.15. The van der Waals surface area contributed by atoms with Crippen molar-refractivity contribution in [2.45, 2.75) is 26.0 Å². The summed E-state index contributed by atoms with van der Waals surface area (Å²) in [5.74, 6) is 1.66. The number of nitrogens with zero attached hydrogens (tertiary/aromatic N) is 2. The van der Waals surface area contributed by atoms with E-state index in [0.29, 0.717) is 43.9 Å². The molecule has 0 amide bonds. The van der Waals surface area contributed by atoms with Gasteiger partial charge in [-0.05, 0) is 31.5 Å². The van der Waals surface area contributed by atoms with Crippen LogP contribution in [0.3, 0.4) is 0 Å². The van der Waals surface area contributed by atoms with Gasteiger partial charge < -0.3 is 29.6 Å². The second kappa shape index (κ2) is 12.6. The lowest BCUT2D eigenvalue weighted by atomic mass is 10.0. The molecular weight excluding hydrogens is 475 g/mol. The predicted octanol–water partition coefficient (Wildman–Crippen LogP) is 2.28. The van der Waals surface area contributed by atoms with E-state index in [1.54, 1.807) is 38.6 Å². The van der Waals surface area contributed by atoms with Crippen molar-refractivity contribution in [3.63, 3.8) is 0 Å². The Balaban J connectivity index is 0.00000392. The van der Waals surface area contributed by atoms with Crippen molar-refractivity contribution >= 4 is 29.9 Å². The van der Waals surface area contributed by atoms with E-state index in [2.05, 4.69) is 20.6 Å². The molecule has 156 valence electrons. The minimum absolute atomic E-state index is 0. The molecule has 9 heteroatoms. The fourth-order valence-corrected chi connectivity index (χ4v) is 2.26. The summed E-state index contributed by atoms with van der Waals surface area (Å²) in [5, 5.41) is 16.8. The summed E-state index contributed by atoms with van der Waals surface area (Å²) in [7, 11) is 1.63. The van der Waals surface area contributed by atoms with Crippen LogP contribution in [0.5, 0.6) is 5.88 Å². The van der Waals surface area contributed by atoms with Gasteiger partial charge in [-0.1, -0.05) is 6.07 Å². The van der Waals surface area contributed by atoms with Gasteiger partial charge >= 0.3 is 0 Å². The number of hydrogen-bond donors (Lipinski definition) is 3. The van der Waals surface area contributed by atoms with Gasteiger partial charge in [-0.3, -0.25) is 0 Å². The maximum absolute atomic E-state index is 10.5. The number of methoxy groups -OCH3 is 1. The lowest BCUT2D eigenvalue weighted by molar-refractivity contribution is 0.0386. The molecular formula is C19H29IN4O4. The quantitative estimate of drug-likeness (QED) is 0.198. The number of rotatable bonds is 10. The van der Waals surface area contributed by atoms with Crippen LogP contribution in [-0.4, -0.2) is 49.5 Å². The minimum atomic E-state index is -1.14. The van der Waals surface area contributed by atoms with Crippen LogP contribution in [0.25, 0.3) is 0 Å². The fourth-order valence-electron chi connectivity index (χ4n) is 2.26. The van der Waals surface area contributed by atoms with Crippen molar-refractivity contribution in [1.82, 2.24) is 15.6 Å². The molecule has 0 aliphatic carbocycles. The largest absolute Gasteiger partial charge is 0.475 e. The number of halogens is 1. The average molecular weight is 504 g/mol. The highest BCUT2D eigenvalue weighted by molar-refractivity contribution is 14.0. The second-order valence-electron chi connectivity index (χ2n) is 6.15. The van der Waals surface area contributed by atoms with Crippen LogP contribution in [0.4, 0.5) is 0 Å². The molecule has 0 saturated carbocycles. The Labute approximate surface area is 182 Å². The van der Waals surface area contributed by atoms with E-state index < -0.39 is 5.60 Å². The third kappa shape index (κ3) is 8.03. The number of aliphatic hydroxyl groups is 1. The highest BCUT2D eigenvalue weighted by atomic mass is 127. The molecule has 2 rings (SSSR count). The first kappa shape index (κ1) is 24.2. The highest BCUT2D eigenvalue weighted by Crippen LogP contribution is 2.19. The van der Waals surface area contributed by atoms with E-state index in [1.807, 2.05) is 19.1 Å². The topological polar surface area (TPSA) is 101 Å². The molecule has 0 aromatic carbocycles. The number of hydrogen-bond acceptors (Lipinski definition) is 6. The Hall–Kier alpha value is -1.85. The van der Waals surface area contributed by atoms with E-state index >= 15 is 0 Å². The van der Waals surface area contributed by atoms with E-state index in [0.717, 1.165) is 5.56 Å². The smallest absolute Gasteiger partial charge is 0.213 e. The van der Waals surface area contributed by atoms with Gasteiger partial charge in [-0.2, -0.15) is 0 Å². The van der Waals surface area contributed by atoms with Gasteiger partial charge in [-0.25, -0.2) is 9.98 Å². The molecule has 8 nitrogen and oxygen atoms in total. The highest BCUT2D eigenvalue weighted by Gasteiger charge is 2.26. The molecule has 3 N–H and O–H groups in total. The summed E-state index contributed by atoms with van der Waals surface area (Å²) in [6.45, 7) is 6.07. The Bertz CT molecular complexity index is 690. The molecule has 1 unspecified atom stereocenters. The maximum atomic E-state index is 10.5. The Kier molecular flexibility index (Phi) is 10.9. The number of pyridine rings is 1. The molecule has 28 heavy (non-hydrogen) atoms. The Morgan fingerprint density at radius 1 is 1.29 bits per heavy atom. The van der Waals surface area contributed by atoms with Crippen LogP contribution in [0, 0.1) is 0 Å². The zero-order valence-electron chi connectivity index (χ0n) is 16.5. The molecule has 0 fully saturated rings. The van der Waals surface area contributed by atoms with Crippen LogP contribution in [0.15, 0.2) is 46.1 Å². The van der Waals surface area contributed by atoms with Gasteiger partial charge in [0.05, 0.1) is 26.0 Å². The molecule has 0 spiro atoms. The van der Waals surface area contributed by atoms with Gasteiger partial charge in [0.15, 0.2) is 5.96 Å². The molecule has 0 radical (unpaired) electrons. The lowest BCUT2D eigenvalue weighted by Gasteiger charge is -2.22. The first-order valence-corrected chi connectivity index (χ1v) is 8.90. The van der Waals surface area contributed by atoms with Gasteiger partial charge in [-0.15, -0.1) is 24.0 Å². The normalized spacial score (nSPS) is 13.4. The SMILES string of the molecule is CCNC(=NCc1ccc(OCCOC)nc1)NCC(C)(O)c1ccco1.I. The Morgan fingerprint density at radius 2 is 2.11 bits per heavy atom. The number of aliphatic imine (C=N–C) groups is 1. The summed E-state index contributed by atoms with van der Waals surface area (Å²) >= 11 is 0. The molecule has 0 aliphatic heterocycles. The summed E-state index contributed by atoms with van der Waals surface area (Å²) in [6.07, 6.45) is 3.27. The molecule has 0 saturated heterocycles. The number of furan rings is 1. The van der Waals surface area contributed by atoms with Crippen molar-refractivity contribution in [2.75, 3.05) is 33.4 Å². The molecule has 2 aromatic heterocycles. The van der Waals surface area contributed by atoms with Crippen LogP contribution in [0.2, 0.25) is 0 Å². The van der Waals surface area contributed by atoms with Gasteiger partial charge in [0.2, 0.25) is 5.88 Å². The number of ether oxygens (including phenoxy) is 2. The maximum Gasteiger partial charge on any atom is 0.213 e. The lowest BCUT2D eigenvalue weighted by Crippen LogP contribution is -2.44. The van der Waals surface area contributed by atoms with E-state index in [4.69, 9.17) is 13.9 Å². The van der Waals surface area contributed by atoms with Crippen LogP contribution in [-0.2, 0) is 16.9 Å². The third-order valence-electron chi connectivity index (χ3n) is 3.75. The van der Waals surface area contributed by atoms with Crippen molar-refractivity contribution in [3.05, 3.63) is 48.0 Å². The summed E-state index contributed by atoms with van der Waals surface area (Å²) < 4.78 is 15.7. The molecule has 2 heterocycles. The first-order chi connectivity index (χ1) is 13.0. The average Bonchev–Trinajstić information content (AvgIpc) is 3.21. The first-order valence-electron chi connectivity index (χ1n) is 8.90. The fraction of sp³-hybridized carbons (Fsp3) is 0.474. The van der Waals surface area contributed by atoms with Crippen molar-refractivity contribution in [3.8, 4) is 5.88 Å². The van der Waals surface area contributed by atoms with E-state index in [1.165, 1.54) is 0 Å². The van der Waals surface area contributed by atoms with Crippen molar-refractivity contribution < 1.29 is 19.0 Å². The predicted molar refractivity (Wildman–Crippen MR) is 118 cm³/mol. The number of guanidine groups is 1. The zero-order chi connectivity index (χ0) is 19.5. The Morgan fingerprint density at radius 3 is 2.71 bits per heavy atom. The van der Waals surface area contributed by atoms with Crippen molar-refractivity contribution in [2.24, 2.45) is 4.99 Å². The van der Waals surface area contributed by atoms with Gasteiger partial charge in [0, 0.05) is 25.9 Å². The summed E-state index contributed by atoms with van der Waals surface area (Å²) in [6, 6.07) is 7.22.